The number of hydrogen-bond acceptors (Lipinski definition) is 4. The maximum absolute atomic E-state index is 12.6. The maximum Gasteiger partial charge on any atom is 0.261 e. The van der Waals surface area contributed by atoms with E-state index in [1.165, 1.54) is 0 Å². The van der Waals surface area contributed by atoms with Gasteiger partial charge in [0.1, 0.15) is 5.76 Å². The van der Waals surface area contributed by atoms with Gasteiger partial charge in [-0.2, -0.15) is 0 Å². The fraction of sp³-hybridized carbons (Fsp3) is 0.261. The first kappa shape index (κ1) is 21.6. The number of rotatable bonds is 8. The Kier molecular flexibility index (Phi) is 6.62. The lowest BCUT2D eigenvalue weighted by molar-refractivity contribution is 0.0938. The second-order valence-corrected chi connectivity index (χ2v) is 9.10. The molecule has 2 aromatic carbocycles. The Morgan fingerprint density at radius 2 is 1.77 bits per heavy atom. The molecule has 6 nitrogen and oxygen atoms in total. The van der Waals surface area contributed by atoms with E-state index in [2.05, 4.69) is 10.0 Å². The van der Waals surface area contributed by atoms with Gasteiger partial charge in [-0.1, -0.05) is 6.07 Å². The molecule has 1 amide bonds. The summed E-state index contributed by atoms with van der Waals surface area (Å²) in [5.41, 5.74) is 2.80. The van der Waals surface area contributed by atoms with Crippen molar-refractivity contribution >= 4 is 21.6 Å². The zero-order valence-electron chi connectivity index (χ0n) is 17.3. The van der Waals surface area contributed by atoms with Crippen LogP contribution in [0.2, 0.25) is 0 Å². The molecule has 0 bridgehead atoms. The number of carbonyl (C=O) groups is 1. The smallest absolute Gasteiger partial charge is 0.261 e. The lowest BCUT2D eigenvalue weighted by Gasteiger charge is -2.14. The largest absolute Gasteiger partial charge is 0.469 e. The van der Waals surface area contributed by atoms with Crippen LogP contribution in [0.1, 0.15) is 40.6 Å². The molecular formula is C23H26N2O4S. The fourth-order valence-corrected chi connectivity index (χ4v) is 4.12. The number of nitrogens with one attached hydrogen (secondary N) is 2. The van der Waals surface area contributed by atoms with Gasteiger partial charge in [0.15, 0.2) is 0 Å². The Bertz CT molecular complexity index is 1100. The van der Waals surface area contributed by atoms with E-state index in [9.17, 15) is 13.2 Å². The number of anilines is 1. The van der Waals surface area contributed by atoms with Gasteiger partial charge in [0, 0.05) is 23.7 Å². The van der Waals surface area contributed by atoms with E-state index < -0.39 is 10.0 Å². The minimum absolute atomic E-state index is 0.0226. The van der Waals surface area contributed by atoms with Crippen LogP contribution in [-0.2, 0) is 16.4 Å². The van der Waals surface area contributed by atoms with Crippen LogP contribution in [0, 0.1) is 13.8 Å². The van der Waals surface area contributed by atoms with Crippen LogP contribution in [0.25, 0.3) is 0 Å². The number of benzene rings is 2. The van der Waals surface area contributed by atoms with Gasteiger partial charge < -0.3 is 9.73 Å². The third-order valence-electron chi connectivity index (χ3n) is 4.97. The van der Waals surface area contributed by atoms with Crippen LogP contribution in [0.3, 0.4) is 0 Å². The van der Waals surface area contributed by atoms with Crippen molar-refractivity contribution in [3.05, 3.63) is 83.3 Å². The van der Waals surface area contributed by atoms with E-state index in [0.717, 1.165) is 29.7 Å². The van der Waals surface area contributed by atoms with Crippen molar-refractivity contribution in [2.45, 2.75) is 44.6 Å². The summed E-state index contributed by atoms with van der Waals surface area (Å²) in [4.78, 5) is 12.6. The van der Waals surface area contributed by atoms with Crippen LogP contribution >= 0.6 is 0 Å². The Hall–Kier alpha value is -3.06. The van der Waals surface area contributed by atoms with Gasteiger partial charge in [-0.25, -0.2) is 8.42 Å². The number of hydrogen-bond donors (Lipinski definition) is 2. The molecule has 2 N–H and O–H groups in total. The zero-order chi connectivity index (χ0) is 21.7. The predicted molar refractivity (Wildman–Crippen MR) is 117 cm³/mol. The van der Waals surface area contributed by atoms with E-state index in [4.69, 9.17) is 4.42 Å². The summed E-state index contributed by atoms with van der Waals surface area (Å²) in [6, 6.07) is 15.1. The molecule has 0 aliphatic carbocycles. The van der Waals surface area contributed by atoms with E-state index in [1.807, 2.05) is 32.9 Å². The normalized spacial score (nSPS) is 12.4. The average molecular weight is 427 g/mol. The first-order valence-corrected chi connectivity index (χ1v) is 11.3. The average Bonchev–Trinajstić information content (AvgIpc) is 3.22. The molecule has 1 unspecified atom stereocenters. The standard InChI is InChI=1S/C23H26N2O4S/c1-16-6-13-22(15-17(16)2)30(27,28)25-20-10-8-19(9-11-20)23(26)24-18(3)7-12-21-5-4-14-29-21/h4-6,8-11,13-15,18,25H,7,12H2,1-3H3,(H,24,26). The Balaban J connectivity index is 1.59. The molecule has 0 aliphatic heterocycles. The number of aryl methyl sites for hydroxylation is 3. The van der Waals surface area contributed by atoms with Gasteiger partial charge in [0.2, 0.25) is 0 Å². The van der Waals surface area contributed by atoms with Crippen LogP contribution < -0.4 is 10.0 Å². The highest BCUT2D eigenvalue weighted by molar-refractivity contribution is 7.92. The van der Waals surface area contributed by atoms with Crippen LogP contribution in [0.15, 0.2) is 70.2 Å². The summed E-state index contributed by atoms with van der Waals surface area (Å²) in [6.45, 7) is 5.74. The van der Waals surface area contributed by atoms with E-state index in [-0.39, 0.29) is 16.8 Å². The summed E-state index contributed by atoms with van der Waals surface area (Å²) in [7, 11) is -3.69. The third kappa shape index (κ3) is 5.51. The molecule has 3 rings (SSSR count). The summed E-state index contributed by atoms with van der Waals surface area (Å²) < 4.78 is 33.1. The highest BCUT2D eigenvalue weighted by Gasteiger charge is 2.16. The highest BCUT2D eigenvalue weighted by atomic mass is 32.2. The number of amides is 1. The Labute approximate surface area is 177 Å². The molecule has 158 valence electrons. The van der Waals surface area contributed by atoms with Crippen molar-refractivity contribution in [2.75, 3.05) is 4.72 Å². The van der Waals surface area contributed by atoms with Crippen molar-refractivity contribution in [2.24, 2.45) is 0 Å². The number of carbonyl (C=O) groups excluding carboxylic acids is 1. The van der Waals surface area contributed by atoms with Gasteiger partial charge in [0.05, 0.1) is 11.2 Å². The fourth-order valence-electron chi connectivity index (χ4n) is 2.98. The molecule has 0 aliphatic rings. The molecule has 7 heteroatoms. The highest BCUT2D eigenvalue weighted by Crippen LogP contribution is 2.19. The van der Waals surface area contributed by atoms with Crippen molar-refractivity contribution in [3.63, 3.8) is 0 Å². The van der Waals surface area contributed by atoms with Crippen molar-refractivity contribution in [3.8, 4) is 0 Å². The van der Waals surface area contributed by atoms with Crippen LogP contribution in [-0.4, -0.2) is 20.4 Å². The molecule has 30 heavy (non-hydrogen) atoms. The minimum atomic E-state index is -3.69. The summed E-state index contributed by atoms with van der Waals surface area (Å²) in [6.07, 6.45) is 3.13. The molecule has 3 aromatic rings. The summed E-state index contributed by atoms with van der Waals surface area (Å²) in [5.74, 6) is 0.682. The number of furan rings is 1. The van der Waals surface area contributed by atoms with E-state index in [0.29, 0.717) is 11.3 Å². The van der Waals surface area contributed by atoms with Gasteiger partial charge in [0.25, 0.3) is 15.9 Å². The molecule has 0 saturated carbocycles. The zero-order valence-corrected chi connectivity index (χ0v) is 18.1. The third-order valence-corrected chi connectivity index (χ3v) is 6.35. The van der Waals surface area contributed by atoms with Gasteiger partial charge in [-0.15, -0.1) is 0 Å². The molecule has 1 atom stereocenters. The minimum Gasteiger partial charge on any atom is -0.469 e. The van der Waals surface area contributed by atoms with Gasteiger partial charge in [-0.3, -0.25) is 9.52 Å². The van der Waals surface area contributed by atoms with Gasteiger partial charge >= 0.3 is 0 Å². The number of sulfonamides is 1. The second kappa shape index (κ2) is 9.17. The maximum atomic E-state index is 12.6. The topological polar surface area (TPSA) is 88.4 Å². The van der Waals surface area contributed by atoms with Gasteiger partial charge in [-0.05, 0) is 86.8 Å². The molecule has 0 fully saturated rings. The van der Waals surface area contributed by atoms with Crippen molar-refractivity contribution < 1.29 is 17.6 Å². The summed E-state index contributed by atoms with van der Waals surface area (Å²) in [5, 5.41) is 2.94. The van der Waals surface area contributed by atoms with E-state index in [1.54, 1.807) is 48.7 Å². The quantitative estimate of drug-likeness (QED) is 0.557. The molecule has 1 heterocycles. The van der Waals surface area contributed by atoms with Crippen molar-refractivity contribution in [1.29, 1.82) is 0 Å². The molecule has 1 aromatic heterocycles. The Morgan fingerprint density at radius 3 is 2.40 bits per heavy atom. The SMILES string of the molecule is Cc1ccc(S(=O)(=O)Nc2ccc(C(=O)NC(C)CCc3ccco3)cc2)cc1C. The van der Waals surface area contributed by atoms with Crippen molar-refractivity contribution in [1.82, 2.24) is 5.32 Å². The molecule has 0 spiro atoms. The first-order chi connectivity index (χ1) is 14.2. The molecule has 0 saturated heterocycles. The predicted octanol–water partition coefficient (Wildman–Crippen LogP) is 4.45. The summed E-state index contributed by atoms with van der Waals surface area (Å²) >= 11 is 0. The second-order valence-electron chi connectivity index (χ2n) is 7.42. The van der Waals surface area contributed by atoms with Crippen LogP contribution in [0.5, 0.6) is 0 Å². The molecule has 0 radical (unpaired) electrons. The van der Waals surface area contributed by atoms with E-state index >= 15 is 0 Å². The monoisotopic (exact) mass is 426 g/mol. The first-order valence-electron chi connectivity index (χ1n) is 9.78. The van der Waals surface area contributed by atoms with Crippen LogP contribution in [0.4, 0.5) is 5.69 Å². The lowest BCUT2D eigenvalue weighted by atomic mass is 10.1. The Morgan fingerprint density at radius 1 is 1.03 bits per heavy atom. The molecular weight excluding hydrogens is 400 g/mol. The lowest BCUT2D eigenvalue weighted by Crippen LogP contribution is -2.32.